The topological polar surface area (TPSA) is 59.1 Å². The summed E-state index contributed by atoms with van der Waals surface area (Å²) >= 11 is 5.73. The molecule has 0 aliphatic carbocycles. The molecule has 3 rings (SSSR count). The number of rotatable bonds is 4. The van der Waals surface area contributed by atoms with E-state index in [1.165, 1.54) is 48.8 Å². The van der Waals surface area contributed by atoms with E-state index in [0.29, 0.717) is 16.8 Å². The van der Waals surface area contributed by atoms with Crippen molar-refractivity contribution in [2.24, 2.45) is 0 Å². The molecule has 0 spiro atoms. The lowest BCUT2D eigenvalue weighted by Crippen LogP contribution is -2.12. The molecule has 0 amide bonds. The number of hydrogen-bond acceptors (Lipinski definition) is 3. The zero-order valence-electron chi connectivity index (χ0n) is 13.5. The number of hydrogen-bond donors (Lipinski definition) is 1. The zero-order valence-corrected chi connectivity index (χ0v) is 15.1. The van der Waals surface area contributed by atoms with Crippen LogP contribution in [0.25, 0.3) is 11.1 Å². The summed E-state index contributed by atoms with van der Waals surface area (Å²) in [4.78, 5) is 3.84. The smallest absolute Gasteiger partial charge is 0.278 e. The number of halogens is 4. The summed E-state index contributed by atoms with van der Waals surface area (Å²) in [6, 6.07) is 12.2. The third-order valence-corrected chi connectivity index (χ3v) is 5.40. The van der Waals surface area contributed by atoms with Crippen molar-refractivity contribution in [1.82, 2.24) is 4.98 Å². The van der Waals surface area contributed by atoms with E-state index in [1.807, 2.05) is 0 Å². The lowest BCUT2D eigenvalue weighted by atomic mass is 10.0. The molecule has 0 radical (unpaired) electrons. The van der Waals surface area contributed by atoms with Crippen LogP contribution in [0, 0.1) is 0 Å². The normalized spacial score (nSPS) is 12.0. The van der Waals surface area contributed by atoms with Gasteiger partial charge in [0.25, 0.3) is 10.0 Å². The number of benzene rings is 2. The molecule has 0 aliphatic heterocycles. The van der Waals surface area contributed by atoms with Gasteiger partial charge in [0, 0.05) is 6.20 Å². The van der Waals surface area contributed by atoms with E-state index >= 15 is 0 Å². The van der Waals surface area contributed by atoms with Gasteiger partial charge in [-0.05, 0) is 47.5 Å². The van der Waals surface area contributed by atoms with Crippen molar-refractivity contribution >= 4 is 27.3 Å². The second-order valence-electron chi connectivity index (χ2n) is 5.56. The van der Waals surface area contributed by atoms with Gasteiger partial charge in [0.1, 0.15) is 0 Å². The fourth-order valence-corrected chi connectivity index (χ4v) is 3.72. The summed E-state index contributed by atoms with van der Waals surface area (Å²) in [5.74, 6) is 0. The van der Waals surface area contributed by atoms with E-state index in [2.05, 4.69) is 9.71 Å². The monoisotopic (exact) mass is 412 g/mol. The Balaban J connectivity index is 1.86. The number of aromatic nitrogens is 1. The largest absolute Gasteiger partial charge is 0.417 e. The fourth-order valence-electron chi connectivity index (χ4n) is 2.39. The SMILES string of the molecule is O=S(=O)(Nc1cccnc1)c1ccc(-c2ccc(C(F)(F)F)c(Cl)c2)cc1. The van der Waals surface area contributed by atoms with Crippen LogP contribution in [0.2, 0.25) is 5.02 Å². The van der Waals surface area contributed by atoms with Crippen LogP contribution in [-0.4, -0.2) is 13.4 Å². The average molecular weight is 413 g/mol. The minimum absolute atomic E-state index is 0.00751. The first kappa shape index (κ1) is 19.2. The van der Waals surface area contributed by atoms with Crippen molar-refractivity contribution < 1.29 is 21.6 Å². The highest BCUT2D eigenvalue weighted by Crippen LogP contribution is 2.36. The quantitative estimate of drug-likeness (QED) is 0.639. The third kappa shape index (κ3) is 4.40. The number of anilines is 1. The predicted molar refractivity (Wildman–Crippen MR) is 96.9 cm³/mol. The summed E-state index contributed by atoms with van der Waals surface area (Å²) in [6.45, 7) is 0. The fraction of sp³-hybridized carbons (Fsp3) is 0.0556. The first-order chi connectivity index (χ1) is 12.7. The minimum Gasteiger partial charge on any atom is -0.278 e. The molecule has 27 heavy (non-hydrogen) atoms. The summed E-state index contributed by atoms with van der Waals surface area (Å²) in [5.41, 5.74) is 0.368. The zero-order chi connectivity index (χ0) is 19.7. The maximum absolute atomic E-state index is 12.8. The van der Waals surface area contributed by atoms with Gasteiger partial charge in [0.05, 0.1) is 27.4 Å². The maximum Gasteiger partial charge on any atom is 0.417 e. The van der Waals surface area contributed by atoms with Crippen molar-refractivity contribution in [3.05, 3.63) is 77.6 Å². The second kappa shape index (κ2) is 7.21. The number of pyridine rings is 1. The highest BCUT2D eigenvalue weighted by atomic mass is 35.5. The molecule has 1 aromatic heterocycles. The molecule has 1 heterocycles. The van der Waals surface area contributed by atoms with Crippen LogP contribution in [0.1, 0.15) is 5.56 Å². The molecule has 3 aromatic rings. The van der Waals surface area contributed by atoms with E-state index in [1.54, 1.807) is 12.1 Å². The lowest BCUT2D eigenvalue weighted by molar-refractivity contribution is -0.137. The Morgan fingerprint density at radius 2 is 1.63 bits per heavy atom. The van der Waals surface area contributed by atoms with Crippen LogP contribution in [-0.2, 0) is 16.2 Å². The summed E-state index contributed by atoms with van der Waals surface area (Å²) < 4.78 is 65.5. The molecule has 2 aromatic carbocycles. The molecule has 0 atom stereocenters. The van der Waals surface area contributed by atoms with Gasteiger partial charge in [0.2, 0.25) is 0 Å². The van der Waals surface area contributed by atoms with E-state index in [4.69, 9.17) is 11.6 Å². The van der Waals surface area contributed by atoms with E-state index in [0.717, 1.165) is 6.07 Å². The molecular formula is C18H12ClF3N2O2S. The van der Waals surface area contributed by atoms with Crippen molar-refractivity contribution in [2.75, 3.05) is 4.72 Å². The van der Waals surface area contributed by atoms with Crippen molar-refractivity contribution in [3.63, 3.8) is 0 Å². The van der Waals surface area contributed by atoms with Crippen molar-refractivity contribution in [3.8, 4) is 11.1 Å². The van der Waals surface area contributed by atoms with E-state index in [-0.39, 0.29) is 4.90 Å². The minimum atomic E-state index is -4.54. The molecule has 0 fully saturated rings. The molecule has 4 nitrogen and oxygen atoms in total. The molecule has 0 saturated carbocycles. The molecule has 0 bridgehead atoms. The molecule has 1 N–H and O–H groups in total. The van der Waals surface area contributed by atoms with Crippen molar-refractivity contribution in [2.45, 2.75) is 11.1 Å². The van der Waals surface area contributed by atoms with Crippen LogP contribution in [0.3, 0.4) is 0 Å². The Hall–Kier alpha value is -2.58. The summed E-state index contributed by atoms with van der Waals surface area (Å²) in [6.07, 6.45) is -1.65. The Morgan fingerprint density at radius 1 is 0.963 bits per heavy atom. The molecule has 0 aliphatic rings. The summed E-state index contributed by atoms with van der Waals surface area (Å²) in [5, 5.41) is -0.421. The molecule has 140 valence electrons. The first-order valence-corrected chi connectivity index (χ1v) is 9.43. The van der Waals surface area contributed by atoms with Gasteiger partial charge in [-0.3, -0.25) is 9.71 Å². The van der Waals surface area contributed by atoms with Gasteiger partial charge in [0.15, 0.2) is 0 Å². The number of sulfonamides is 1. The Kier molecular flexibility index (Phi) is 5.12. The van der Waals surface area contributed by atoms with Crippen LogP contribution < -0.4 is 4.72 Å². The Morgan fingerprint density at radius 3 is 2.19 bits per heavy atom. The third-order valence-electron chi connectivity index (χ3n) is 3.69. The Labute approximate surface area is 158 Å². The van der Waals surface area contributed by atoms with Crippen LogP contribution in [0.5, 0.6) is 0 Å². The molecule has 9 heteroatoms. The van der Waals surface area contributed by atoms with Gasteiger partial charge in [-0.15, -0.1) is 0 Å². The van der Waals surface area contributed by atoms with Gasteiger partial charge >= 0.3 is 6.18 Å². The van der Waals surface area contributed by atoms with E-state index in [9.17, 15) is 21.6 Å². The van der Waals surface area contributed by atoms with Gasteiger partial charge in [-0.25, -0.2) is 8.42 Å². The first-order valence-electron chi connectivity index (χ1n) is 7.57. The lowest BCUT2D eigenvalue weighted by Gasteiger charge is -2.11. The maximum atomic E-state index is 12.8. The van der Waals surface area contributed by atoms with Gasteiger partial charge in [-0.2, -0.15) is 13.2 Å². The highest BCUT2D eigenvalue weighted by Gasteiger charge is 2.33. The second-order valence-corrected chi connectivity index (χ2v) is 7.65. The van der Waals surface area contributed by atoms with Gasteiger partial charge in [-0.1, -0.05) is 29.8 Å². The predicted octanol–water partition coefficient (Wildman–Crippen LogP) is 5.22. The Bertz CT molecular complexity index is 1050. The van der Waals surface area contributed by atoms with E-state index < -0.39 is 26.8 Å². The van der Waals surface area contributed by atoms with Gasteiger partial charge < -0.3 is 0 Å². The van der Waals surface area contributed by atoms with Crippen LogP contribution in [0.15, 0.2) is 71.9 Å². The average Bonchev–Trinajstić information content (AvgIpc) is 2.61. The van der Waals surface area contributed by atoms with Crippen molar-refractivity contribution in [1.29, 1.82) is 0 Å². The number of nitrogens with zero attached hydrogens (tertiary/aromatic N) is 1. The molecular weight excluding hydrogens is 401 g/mol. The number of alkyl halides is 3. The summed E-state index contributed by atoms with van der Waals surface area (Å²) in [7, 11) is -3.81. The number of nitrogens with one attached hydrogen (secondary N) is 1. The highest BCUT2D eigenvalue weighted by molar-refractivity contribution is 7.92. The standard InChI is InChI=1S/C18H12ClF3N2O2S/c19-17-10-13(5-8-16(17)18(20,21)22)12-3-6-15(7-4-12)27(25,26)24-14-2-1-9-23-11-14/h1-11,24H. The van der Waals surface area contributed by atoms with Crippen LogP contribution in [0.4, 0.5) is 18.9 Å². The molecule has 0 unspecified atom stereocenters. The van der Waals surface area contributed by atoms with Crippen LogP contribution >= 0.6 is 11.6 Å². The molecule has 0 saturated heterocycles.